The smallest absolute Gasteiger partial charge is 0.262 e. The molecule has 2 aromatic rings. The van der Waals surface area contributed by atoms with Crippen molar-refractivity contribution >= 4 is 26.0 Å². The SMILES string of the molecule is Cc1ccc(S(=O)(=O)OCc2cc(C(F)(F)F)ccc2Br)cc1. The Balaban J connectivity index is 2.21. The first-order chi connectivity index (χ1) is 10.6. The molecule has 0 saturated heterocycles. The Morgan fingerprint density at radius 3 is 2.26 bits per heavy atom. The van der Waals surface area contributed by atoms with E-state index < -0.39 is 28.5 Å². The minimum atomic E-state index is -4.51. The predicted octanol–water partition coefficient (Wildman–Crippen LogP) is 4.68. The molecule has 0 aromatic heterocycles. The number of benzene rings is 2. The first-order valence-electron chi connectivity index (χ1n) is 6.41. The molecule has 2 rings (SSSR count). The van der Waals surface area contributed by atoms with E-state index in [-0.39, 0.29) is 10.5 Å². The van der Waals surface area contributed by atoms with Crippen molar-refractivity contribution in [2.24, 2.45) is 0 Å². The Morgan fingerprint density at radius 1 is 1.09 bits per heavy atom. The lowest BCUT2D eigenvalue weighted by Crippen LogP contribution is -2.09. The number of halogens is 4. The van der Waals surface area contributed by atoms with Gasteiger partial charge >= 0.3 is 6.18 Å². The second-order valence-electron chi connectivity index (χ2n) is 4.83. The molecule has 0 aliphatic heterocycles. The van der Waals surface area contributed by atoms with Gasteiger partial charge in [-0.2, -0.15) is 21.6 Å². The molecule has 0 saturated carbocycles. The van der Waals surface area contributed by atoms with Crippen LogP contribution in [0.3, 0.4) is 0 Å². The maximum Gasteiger partial charge on any atom is 0.416 e. The van der Waals surface area contributed by atoms with Crippen LogP contribution in [0.1, 0.15) is 16.7 Å². The number of alkyl halides is 3. The second kappa shape index (κ2) is 6.62. The Labute approximate surface area is 140 Å². The normalized spacial score (nSPS) is 12.4. The molecule has 0 amide bonds. The first-order valence-corrected chi connectivity index (χ1v) is 8.61. The number of rotatable bonds is 4. The average Bonchev–Trinajstić information content (AvgIpc) is 2.45. The summed E-state index contributed by atoms with van der Waals surface area (Å²) in [5.74, 6) is 0. The Morgan fingerprint density at radius 2 is 1.70 bits per heavy atom. The minimum absolute atomic E-state index is 0.0498. The van der Waals surface area contributed by atoms with E-state index in [4.69, 9.17) is 4.18 Å². The van der Waals surface area contributed by atoms with Crippen LogP contribution in [0.2, 0.25) is 0 Å². The number of hydrogen-bond acceptors (Lipinski definition) is 3. The van der Waals surface area contributed by atoms with Gasteiger partial charge in [-0.3, -0.25) is 4.18 Å². The maximum absolute atomic E-state index is 12.7. The van der Waals surface area contributed by atoms with Gasteiger partial charge in [-0.25, -0.2) is 0 Å². The van der Waals surface area contributed by atoms with Gasteiger partial charge in [-0.1, -0.05) is 33.6 Å². The van der Waals surface area contributed by atoms with Crippen LogP contribution >= 0.6 is 15.9 Å². The molecule has 124 valence electrons. The Bertz CT molecular complexity index is 800. The van der Waals surface area contributed by atoms with Crippen molar-refractivity contribution in [3.8, 4) is 0 Å². The highest BCUT2D eigenvalue weighted by Gasteiger charge is 2.31. The summed E-state index contributed by atoms with van der Waals surface area (Å²) in [5.41, 5.74) is 0.104. The van der Waals surface area contributed by atoms with Crippen LogP contribution in [-0.4, -0.2) is 8.42 Å². The molecule has 23 heavy (non-hydrogen) atoms. The van der Waals surface area contributed by atoms with E-state index in [1.54, 1.807) is 19.1 Å². The van der Waals surface area contributed by atoms with Gasteiger partial charge in [0.15, 0.2) is 0 Å². The van der Waals surface area contributed by atoms with Crippen LogP contribution in [0.25, 0.3) is 0 Å². The van der Waals surface area contributed by atoms with Crippen molar-refractivity contribution in [2.75, 3.05) is 0 Å². The summed E-state index contributed by atoms with van der Waals surface area (Å²) in [6.07, 6.45) is -4.51. The molecular weight excluding hydrogens is 397 g/mol. The molecule has 0 unspecified atom stereocenters. The summed E-state index contributed by atoms with van der Waals surface area (Å²) in [4.78, 5) is -0.0498. The third-order valence-corrected chi connectivity index (χ3v) is 5.10. The zero-order valence-corrected chi connectivity index (χ0v) is 14.3. The molecule has 8 heteroatoms. The molecule has 3 nitrogen and oxygen atoms in total. The fourth-order valence-corrected chi connectivity index (χ4v) is 3.02. The van der Waals surface area contributed by atoms with Crippen LogP contribution in [-0.2, 0) is 27.1 Å². The van der Waals surface area contributed by atoms with Crippen LogP contribution in [0, 0.1) is 6.92 Å². The van der Waals surface area contributed by atoms with Gasteiger partial charge < -0.3 is 0 Å². The predicted molar refractivity (Wildman–Crippen MR) is 82.3 cm³/mol. The highest BCUT2D eigenvalue weighted by molar-refractivity contribution is 9.10. The van der Waals surface area contributed by atoms with E-state index in [1.807, 2.05) is 0 Å². The van der Waals surface area contributed by atoms with Gasteiger partial charge in [0.05, 0.1) is 17.1 Å². The van der Waals surface area contributed by atoms with Crippen molar-refractivity contribution in [1.29, 1.82) is 0 Å². The lowest BCUT2D eigenvalue weighted by atomic mass is 10.1. The summed E-state index contributed by atoms with van der Waals surface area (Å²) in [5, 5.41) is 0. The minimum Gasteiger partial charge on any atom is -0.262 e. The topological polar surface area (TPSA) is 43.4 Å². The number of hydrogen-bond donors (Lipinski definition) is 0. The van der Waals surface area contributed by atoms with Crippen LogP contribution in [0.4, 0.5) is 13.2 Å². The lowest BCUT2D eigenvalue weighted by Gasteiger charge is -2.11. The fraction of sp³-hybridized carbons (Fsp3) is 0.200. The van der Waals surface area contributed by atoms with Gasteiger partial charge in [0.25, 0.3) is 10.1 Å². The quantitative estimate of drug-likeness (QED) is 0.689. The van der Waals surface area contributed by atoms with Crippen LogP contribution in [0.15, 0.2) is 51.8 Å². The van der Waals surface area contributed by atoms with E-state index in [1.165, 1.54) is 18.2 Å². The molecule has 0 aliphatic rings. The summed E-state index contributed by atoms with van der Waals surface area (Å²) in [7, 11) is -4.04. The fourth-order valence-electron chi connectivity index (χ4n) is 1.78. The molecule has 0 spiro atoms. The molecule has 0 heterocycles. The summed E-state index contributed by atoms with van der Waals surface area (Å²) >= 11 is 3.09. The van der Waals surface area contributed by atoms with Gasteiger partial charge in [0, 0.05) is 4.47 Å². The van der Waals surface area contributed by atoms with Crippen molar-refractivity contribution in [2.45, 2.75) is 24.6 Å². The summed E-state index contributed by atoms with van der Waals surface area (Å²) < 4.78 is 67.4. The summed E-state index contributed by atoms with van der Waals surface area (Å²) in [6, 6.07) is 8.95. The standard InChI is InChI=1S/C15H12BrF3O3S/c1-10-2-5-13(6-3-10)23(20,21)22-9-11-8-12(15(17,18)19)4-7-14(11)16/h2-8H,9H2,1H3. The maximum atomic E-state index is 12.7. The molecule has 0 N–H and O–H groups in total. The van der Waals surface area contributed by atoms with Crippen molar-refractivity contribution in [3.63, 3.8) is 0 Å². The second-order valence-corrected chi connectivity index (χ2v) is 7.30. The monoisotopic (exact) mass is 408 g/mol. The van der Waals surface area contributed by atoms with Gasteiger partial charge in [-0.05, 0) is 42.8 Å². The third-order valence-electron chi connectivity index (χ3n) is 3.05. The molecular formula is C15H12BrF3O3S. The van der Waals surface area contributed by atoms with Gasteiger partial charge in [0.2, 0.25) is 0 Å². The van der Waals surface area contributed by atoms with E-state index in [0.717, 1.165) is 17.7 Å². The third kappa shape index (κ3) is 4.55. The van der Waals surface area contributed by atoms with E-state index >= 15 is 0 Å². The number of aryl methyl sites for hydroxylation is 1. The van der Waals surface area contributed by atoms with E-state index in [9.17, 15) is 21.6 Å². The molecule has 0 radical (unpaired) electrons. The van der Waals surface area contributed by atoms with Crippen molar-refractivity contribution in [3.05, 3.63) is 63.6 Å². The Kier molecular flexibility index (Phi) is 5.17. The molecule has 0 aliphatic carbocycles. The lowest BCUT2D eigenvalue weighted by molar-refractivity contribution is -0.137. The zero-order valence-electron chi connectivity index (χ0n) is 11.9. The highest BCUT2D eigenvalue weighted by atomic mass is 79.9. The highest BCUT2D eigenvalue weighted by Crippen LogP contribution is 2.32. The Hall–Kier alpha value is -1.38. The molecule has 0 fully saturated rings. The molecule has 2 aromatic carbocycles. The van der Waals surface area contributed by atoms with E-state index in [2.05, 4.69) is 15.9 Å². The molecule has 0 bridgehead atoms. The van der Waals surface area contributed by atoms with Crippen molar-refractivity contribution in [1.82, 2.24) is 0 Å². The summed E-state index contributed by atoms with van der Waals surface area (Å²) in [6.45, 7) is 1.30. The average molecular weight is 409 g/mol. The molecule has 0 atom stereocenters. The first kappa shape index (κ1) is 18.0. The van der Waals surface area contributed by atoms with Crippen LogP contribution < -0.4 is 0 Å². The van der Waals surface area contributed by atoms with E-state index in [0.29, 0.717) is 4.47 Å². The largest absolute Gasteiger partial charge is 0.416 e. The zero-order chi connectivity index (χ0) is 17.3. The van der Waals surface area contributed by atoms with Gasteiger partial charge in [-0.15, -0.1) is 0 Å². The van der Waals surface area contributed by atoms with Crippen molar-refractivity contribution < 1.29 is 25.8 Å². The van der Waals surface area contributed by atoms with Crippen LogP contribution in [0.5, 0.6) is 0 Å². The van der Waals surface area contributed by atoms with Gasteiger partial charge in [0.1, 0.15) is 0 Å².